The minimum absolute atomic E-state index is 0.253. The second-order valence-electron chi connectivity index (χ2n) is 14.3. The van der Waals surface area contributed by atoms with Gasteiger partial charge in [-0.3, -0.25) is 9.55 Å². The number of fused-ring (bicyclic) bond motifs is 9. The molecule has 6 heteroatoms. The lowest BCUT2D eigenvalue weighted by molar-refractivity contribution is 0.661. The van der Waals surface area contributed by atoms with Crippen LogP contribution in [-0.4, -0.2) is 29.1 Å². The molecule has 1 aliphatic carbocycles. The second-order valence-corrected chi connectivity index (χ2v) is 14.3. The van der Waals surface area contributed by atoms with Crippen molar-refractivity contribution >= 4 is 43.6 Å². The van der Waals surface area contributed by atoms with Gasteiger partial charge < -0.3 is 4.57 Å². The van der Waals surface area contributed by atoms with Crippen LogP contribution in [0, 0.1) is 0 Å². The van der Waals surface area contributed by atoms with Crippen LogP contribution in [0.2, 0.25) is 0 Å². The Morgan fingerprint density at radius 1 is 0.434 bits per heavy atom. The van der Waals surface area contributed by atoms with E-state index in [1.165, 1.54) is 22.3 Å². The topological polar surface area (TPSA) is 61.4 Å². The van der Waals surface area contributed by atoms with Gasteiger partial charge in [0.1, 0.15) is 0 Å². The van der Waals surface area contributed by atoms with Crippen molar-refractivity contribution in [2.24, 2.45) is 0 Å². The van der Waals surface area contributed by atoms with Gasteiger partial charge in [-0.2, -0.15) is 9.97 Å². The third-order valence-corrected chi connectivity index (χ3v) is 11.1. The van der Waals surface area contributed by atoms with Crippen LogP contribution < -0.4 is 0 Å². The summed E-state index contributed by atoms with van der Waals surface area (Å²) in [5.41, 5.74) is 11.9. The van der Waals surface area contributed by atoms with Gasteiger partial charge in [0.15, 0.2) is 11.6 Å². The van der Waals surface area contributed by atoms with Crippen LogP contribution >= 0.6 is 0 Å². The molecule has 4 heterocycles. The highest BCUT2D eigenvalue weighted by atomic mass is 15.2. The number of hydrogen-bond acceptors (Lipinski definition) is 4. The number of rotatable bonds is 4. The van der Waals surface area contributed by atoms with E-state index in [4.69, 9.17) is 15.0 Å². The van der Waals surface area contributed by atoms with E-state index in [2.05, 4.69) is 174 Å². The molecule has 0 saturated heterocycles. The van der Waals surface area contributed by atoms with E-state index in [9.17, 15) is 0 Å². The second kappa shape index (κ2) is 11.0. The van der Waals surface area contributed by atoms with Gasteiger partial charge in [-0.1, -0.05) is 123 Å². The molecule has 0 unspecified atom stereocenters. The normalized spacial score (nSPS) is 13.2. The molecule has 0 radical (unpaired) electrons. The maximum Gasteiger partial charge on any atom is 0.238 e. The highest BCUT2D eigenvalue weighted by Crippen LogP contribution is 2.52. The fraction of sp³-hybridized carbons (Fsp3) is 0.0638. The summed E-state index contributed by atoms with van der Waals surface area (Å²) < 4.78 is 4.50. The van der Waals surface area contributed by atoms with E-state index in [0.717, 1.165) is 60.4 Å². The smallest absolute Gasteiger partial charge is 0.238 e. The van der Waals surface area contributed by atoms with Gasteiger partial charge in [0.25, 0.3) is 0 Å². The van der Waals surface area contributed by atoms with Gasteiger partial charge in [-0.25, -0.2) is 4.98 Å². The maximum absolute atomic E-state index is 5.42. The Bertz CT molecular complexity index is 3000. The van der Waals surface area contributed by atoms with Crippen LogP contribution in [0.25, 0.3) is 89.2 Å². The van der Waals surface area contributed by atoms with Crippen molar-refractivity contribution in [3.05, 3.63) is 169 Å². The Morgan fingerprint density at radius 3 is 1.70 bits per heavy atom. The summed E-state index contributed by atoms with van der Waals surface area (Å²) in [7, 11) is 0. The summed E-state index contributed by atoms with van der Waals surface area (Å²) >= 11 is 0. The first-order chi connectivity index (χ1) is 26.1. The molecule has 0 N–H and O–H groups in total. The van der Waals surface area contributed by atoms with Crippen molar-refractivity contribution in [3.63, 3.8) is 0 Å². The lowest BCUT2D eigenvalue weighted by Crippen LogP contribution is -2.17. The van der Waals surface area contributed by atoms with Gasteiger partial charge in [0.05, 0.1) is 27.8 Å². The van der Waals surface area contributed by atoms with Crippen molar-refractivity contribution in [2.45, 2.75) is 19.3 Å². The summed E-state index contributed by atoms with van der Waals surface area (Å²) in [6, 6.07) is 51.3. The SMILES string of the molecule is CC1(C)c2ccccc2-c2cccc(-c3nc(-c4ccccc4-n4c5ccccc5c5cnccc54)nc(-n4c5ccccc5c5ccccc54)n3)c21. The van der Waals surface area contributed by atoms with Crippen molar-refractivity contribution in [1.82, 2.24) is 29.1 Å². The fourth-order valence-electron chi connectivity index (χ4n) is 8.81. The largest absolute Gasteiger partial charge is 0.308 e. The van der Waals surface area contributed by atoms with Crippen LogP contribution in [0.1, 0.15) is 25.0 Å². The summed E-state index contributed by atoms with van der Waals surface area (Å²) in [6.45, 7) is 4.62. The summed E-state index contributed by atoms with van der Waals surface area (Å²) in [4.78, 5) is 20.7. The van der Waals surface area contributed by atoms with Crippen LogP contribution in [0.15, 0.2) is 158 Å². The molecule has 0 aliphatic heterocycles. The summed E-state index contributed by atoms with van der Waals surface area (Å²) in [6.07, 6.45) is 3.81. The lowest BCUT2D eigenvalue weighted by Gasteiger charge is -2.24. The molecule has 10 aromatic rings. The third kappa shape index (κ3) is 4.20. The zero-order chi connectivity index (χ0) is 35.3. The monoisotopic (exact) mass is 680 g/mol. The molecule has 6 nitrogen and oxygen atoms in total. The Morgan fingerprint density at radius 2 is 0.962 bits per heavy atom. The molecule has 1 aliphatic rings. The molecular weight excluding hydrogens is 649 g/mol. The zero-order valence-electron chi connectivity index (χ0n) is 29.2. The van der Waals surface area contributed by atoms with Gasteiger partial charge >= 0.3 is 0 Å². The molecule has 4 aromatic heterocycles. The highest BCUT2D eigenvalue weighted by molar-refractivity contribution is 6.10. The van der Waals surface area contributed by atoms with Gasteiger partial charge in [0, 0.05) is 50.5 Å². The molecule has 0 fully saturated rings. The van der Waals surface area contributed by atoms with E-state index >= 15 is 0 Å². The Hall–Kier alpha value is -6.92. The Kier molecular flexibility index (Phi) is 6.20. The summed E-state index contributed by atoms with van der Waals surface area (Å²) in [5, 5.41) is 4.56. The standard InChI is InChI=1S/C47H32N6/c1-47(2)37-21-8-3-14-29(37)33-19-13-20-35(43(33)47)45-49-44(50-46(51-45)53-39-23-10-4-15-30(39)31-16-5-11-24-40(31)53)34-18-7-12-25-41(34)52-38-22-9-6-17-32(38)36-28-48-27-26-42(36)52/h3-28H,1-2H3. The maximum atomic E-state index is 5.42. The van der Waals surface area contributed by atoms with E-state index in [-0.39, 0.29) is 5.41 Å². The van der Waals surface area contributed by atoms with Crippen LogP contribution in [0.5, 0.6) is 0 Å². The van der Waals surface area contributed by atoms with Gasteiger partial charge in [-0.05, 0) is 58.7 Å². The molecule has 6 aromatic carbocycles. The first-order valence-electron chi connectivity index (χ1n) is 18.0. The summed E-state index contributed by atoms with van der Waals surface area (Å²) in [5.74, 6) is 1.83. The van der Waals surface area contributed by atoms with Crippen LogP contribution in [0.3, 0.4) is 0 Å². The molecule has 0 atom stereocenters. The molecule has 0 amide bonds. The first-order valence-corrected chi connectivity index (χ1v) is 18.0. The predicted molar refractivity (Wildman–Crippen MR) is 215 cm³/mol. The van der Waals surface area contributed by atoms with Gasteiger partial charge in [-0.15, -0.1) is 0 Å². The molecule has 250 valence electrons. The number of pyridine rings is 1. The lowest BCUT2D eigenvalue weighted by atomic mass is 9.80. The molecule has 0 saturated carbocycles. The molecule has 0 bridgehead atoms. The van der Waals surface area contributed by atoms with Crippen LogP contribution in [0.4, 0.5) is 0 Å². The minimum Gasteiger partial charge on any atom is -0.308 e. The van der Waals surface area contributed by atoms with E-state index in [0.29, 0.717) is 17.6 Å². The quantitative estimate of drug-likeness (QED) is 0.186. The Labute approximate surface area is 305 Å². The fourth-order valence-corrected chi connectivity index (χ4v) is 8.81. The third-order valence-electron chi connectivity index (χ3n) is 11.1. The van der Waals surface area contributed by atoms with Crippen LogP contribution in [-0.2, 0) is 5.41 Å². The number of nitrogens with zero attached hydrogens (tertiary/aromatic N) is 6. The first kappa shape index (κ1) is 29.8. The van der Waals surface area contributed by atoms with Crippen molar-refractivity contribution in [1.29, 1.82) is 0 Å². The van der Waals surface area contributed by atoms with Crippen molar-refractivity contribution in [2.75, 3.05) is 0 Å². The van der Waals surface area contributed by atoms with Crippen molar-refractivity contribution in [3.8, 4) is 45.5 Å². The van der Waals surface area contributed by atoms with E-state index in [1.54, 1.807) is 0 Å². The van der Waals surface area contributed by atoms with Crippen molar-refractivity contribution < 1.29 is 0 Å². The molecule has 53 heavy (non-hydrogen) atoms. The molecule has 0 spiro atoms. The van der Waals surface area contributed by atoms with E-state index < -0.39 is 0 Å². The number of para-hydroxylation sites is 4. The predicted octanol–water partition coefficient (Wildman–Crippen LogP) is 11.1. The molecule has 11 rings (SSSR count). The highest BCUT2D eigenvalue weighted by Gasteiger charge is 2.38. The number of hydrogen-bond donors (Lipinski definition) is 0. The average Bonchev–Trinajstić information content (AvgIpc) is 3.81. The Balaban J connectivity index is 1.24. The zero-order valence-corrected chi connectivity index (χ0v) is 29.2. The molecular formula is C47H32N6. The number of benzene rings is 6. The minimum atomic E-state index is -0.253. The van der Waals surface area contributed by atoms with E-state index in [1.807, 2.05) is 12.4 Å². The van der Waals surface area contributed by atoms with Gasteiger partial charge in [0.2, 0.25) is 5.95 Å². The average molecular weight is 681 g/mol. The number of aromatic nitrogens is 6.